The maximum absolute atomic E-state index is 11.6. The van der Waals surface area contributed by atoms with Crippen molar-refractivity contribution in [2.75, 3.05) is 13.2 Å². The summed E-state index contributed by atoms with van der Waals surface area (Å²) in [6.45, 7) is 3.41. The predicted octanol–water partition coefficient (Wildman–Crippen LogP) is 0.285. The molecule has 1 aliphatic rings. The van der Waals surface area contributed by atoms with Crippen LogP contribution < -0.4 is 5.32 Å². The van der Waals surface area contributed by atoms with E-state index in [4.69, 9.17) is 9.15 Å². The molecule has 0 aliphatic carbocycles. The summed E-state index contributed by atoms with van der Waals surface area (Å²) in [4.78, 5) is 11.6. The molecule has 1 amide bonds. The van der Waals surface area contributed by atoms with Crippen molar-refractivity contribution in [2.24, 2.45) is 5.92 Å². The summed E-state index contributed by atoms with van der Waals surface area (Å²) < 4.78 is 10.4. The molecule has 0 radical (unpaired) electrons. The maximum atomic E-state index is 11.6. The minimum atomic E-state index is -0.0337. The van der Waals surface area contributed by atoms with Gasteiger partial charge >= 0.3 is 0 Å². The summed E-state index contributed by atoms with van der Waals surface area (Å²) in [6, 6.07) is 0. The Kier molecular flexibility index (Phi) is 3.51. The van der Waals surface area contributed by atoms with Crippen LogP contribution in [-0.4, -0.2) is 29.3 Å². The van der Waals surface area contributed by atoms with Gasteiger partial charge < -0.3 is 14.5 Å². The summed E-state index contributed by atoms with van der Waals surface area (Å²) in [5, 5.41) is 10.4. The lowest BCUT2D eigenvalue weighted by atomic mass is 10.1. The molecule has 16 heavy (non-hydrogen) atoms. The zero-order valence-corrected chi connectivity index (χ0v) is 9.23. The van der Waals surface area contributed by atoms with Gasteiger partial charge in [0.25, 0.3) is 0 Å². The monoisotopic (exact) mass is 225 g/mol. The van der Waals surface area contributed by atoms with E-state index in [0.717, 1.165) is 6.42 Å². The van der Waals surface area contributed by atoms with Crippen molar-refractivity contribution in [1.82, 2.24) is 15.5 Å². The van der Waals surface area contributed by atoms with E-state index in [-0.39, 0.29) is 11.8 Å². The van der Waals surface area contributed by atoms with Gasteiger partial charge in [-0.3, -0.25) is 4.79 Å². The van der Waals surface area contributed by atoms with E-state index in [2.05, 4.69) is 15.5 Å². The third-order valence-corrected chi connectivity index (χ3v) is 2.53. The summed E-state index contributed by atoms with van der Waals surface area (Å²) in [5.41, 5.74) is 0. The Labute approximate surface area is 93.4 Å². The Morgan fingerprint density at radius 2 is 2.31 bits per heavy atom. The first-order valence-electron chi connectivity index (χ1n) is 5.46. The highest BCUT2D eigenvalue weighted by atomic mass is 16.5. The fourth-order valence-electron chi connectivity index (χ4n) is 1.55. The van der Waals surface area contributed by atoms with Crippen LogP contribution >= 0.6 is 0 Å². The molecule has 2 heterocycles. The molecule has 1 aromatic heterocycles. The molecule has 0 unspecified atom stereocenters. The highest BCUT2D eigenvalue weighted by Crippen LogP contribution is 2.12. The Balaban J connectivity index is 1.80. The summed E-state index contributed by atoms with van der Waals surface area (Å²) in [5.74, 6) is 1.000. The van der Waals surface area contributed by atoms with Gasteiger partial charge in [-0.15, -0.1) is 10.2 Å². The van der Waals surface area contributed by atoms with Crippen LogP contribution in [0.15, 0.2) is 4.42 Å². The zero-order valence-electron chi connectivity index (χ0n) is 9.23. The van der Waals surface area contributed by atoms with E-state index < -0.39 is 0 Å². The van der Waals surface area contributed by atoms with Crippen LogP contribution in [0.25, 0.3) is 0 Å². The molecule has 6 heteroatoms. The van der Waals surface area contributed by atoms with Crippen molar-refractivity contribution < 1.29 is 13.9 Å². The zero-order chi connectivity index (χ0) is 11.4. The lowest BCUT2D eigenvalue weighted by Gasteiger charge is -2.06. The van der Waals surface area contributed by atoms with Crippen LogP contribution in [0.1, 0.15) is 25.1 Å². The van der Waals surface area contributed by atoms with Gasteiger partial charge in [-0.2, -0.15) is 0 Å². The molecule has 6 nitrogen and oxygen atoms in total. The summed E-state index contributed by atoms with van der Waals surface area (Å²) >= 11 is 0. The van der Waals surface area contributed by atoms with Crippen LogP contribution in [-0.2, 0) is 22.5 Å². The molecule has 1 saturated heterocycles. The average molecular weight is 225 g/mol. The standard InChI is InChI=1S/C10H15N3O3/c1-2-8-12-13-9(16-8)5-11-10(14)7-3-4-15-6-7/h7H,2-6H2,1H3,(H,11,14)/t7-/m1/s1. The third-order valence-electron chi connectivity index (χ3n) is 2.53. The van der Waals surface area contributed by atoms with Crippen molar-refractivity contribution in [3.8, 4) is 0 Å². The molecule has 1 N–H and O–H groups in total. The molecule has 2 rings (SSSR count). The van der Waals surface area contributed by atoms with E-state index >= 15 is 0 Å². The molecule has 1 atom stereocenters. The second-order valence-corrected chi connectivity index (χ2v) is 3.72. The fraction of sp³-hybridized carbons (Fsp3) is 0.700. The quantitative estimate of drug-likeness (QED) is 0.796. The van der Waals surface area contributed by atoms with Crippen LogP contribution in [0, 0.1) is 5.92 Å². The topological polar surface area (TPSA) is 77.2 Å². The molecule has 1 fully saturated rings. The van der Waals surface area contributed by atoms with Crippen LogP contribution in [0.4, 0.5) is 0 Å². The Hall–Kier alpha value is -1.43. The van der Waals surface area contributed by atoms with Crippen molar-refractivity contribution in [2.45, 2.75) is 26.3 Å². The van der Waals surface area contributed by atoms with Gasteiger partial charge in [-0.1, -0.05) is 6.92 Å². The van der Waals surface area contributed by atoms with E-state index in [1.165, 1.54) is 0 Å². The van der Waals surface area contributed by atoms with Crippen molar-refractivity contribution in [1.29, 1.82) is 0 Å². The molecule has 1 aliphatic heterocycles. The highest BCUT2D eigenvalue weighted by molar-refractivity contribution is 5.78. The second-order valence-electron chi connectivity index (χ2n) is 3.72. The van der Waals surface area contributed by atoms with Gasteiger partial charge in [0.05, 0.1) is 19.1 Å². The van der Waals surface area contributed by atoms with Gasteiger partial charge in [-0.25, -0.2) is 0 Å². The number of aromatic nitrogens is 2. The first-order chi connectivity index (χ1) is 7.79. The number of hydrogen-bond acceptors (Lipinski definition) is 5. The van der Waals surface area contributed by atoms with Gasteiger partial charge in [0.2, 0.25) is 17.7 Å². The first kappa shape index (κ1) is 11.1. The molecule has 0 spiro atoms. The lowest BCUT2D eigenvalue weighted by Crippen LogP contribution is -2.30. The number of nitrogens with one attached hydrogen (secondary N) is 1. The molecule has 1 aromatic rings. The number of aryl methyl sites for hydroxylation is 1. The van der Waals surface area contributed by atoms with E-state index in [9.17, 15) is 4.79 Å². The minimum absolute atomic E-state index is 0.00579. The van der Waals surface area contributed by atoms with E-state index in [1.54, 1.807) is 0 Å². The Morgan fingerprint density at radius 1 is 1.50 bits per heavy atom. The first-order valence-corrected chi connectivity index (χ1v) is 5.46. The smallest absolute Gasteiger partial charge is 0.235 e. The second kappa shape index (κ2) is 5.07. The third kappa shape index (κ3) is 2.57. The number of carbonyl (C=O) groups excluding carboxylic acids is 1. The molecule has 0 bridgehead atoms. The van der Waals surface area contributed by atoms with Crippen molar-refractivity contribution in [3.63, 3.8) is 0 Å². The van der Waals surface area contributed by atoms with Crippen molar-refractivity contribution in [3.05, 3.63) is 11.8 Å². The summed E-state index contributed by atoms with van der Waals surface area (Å²) in [7, 11) is 0. The number of rotatable bonds is 4. The Morgan fingerprint density at radius 3 is 2.94 bits per heavy atom. The number of carbonyl (C=O) groups is 1. The highest BCUT2D eigenvalue weighted by Gasteiger charge is 2.23. The maximum Gasteiger partial charge on any atom is 0.235 e. The van der Waals surface area contributed by atoms with Crippen molar-refractivity contribution >= 4 is 5.91 Å². The van der Waals surface area contributed by atoms with E-state index in [1.807, 2.05) is 6.92 Å². The molecular formula is C10H15N3O3. The van der Waals surface area contributed by atoms with Gasteiger partial charge in [-0.05, 0) is 6.42 Å². The lowest BCUT2D eigenvalue weighted by molar-refractivity contribution is -0.125. The van der Waals surface area contributed by atoms with Crippen LogP contribution in [0.2, 0.25) is 0 Å². The number of hydrogen-bond donors (Lipinski definition) is 1. The van der Waals surface area contributed by atoms with Gasteiger partial charge in [0, 0.05) is 13.0 Å². The normalized spacial score (nSPS) is 19.9. The number of amides is 1. The minimum Gasteiger partial charge on any atom is -0.423 e. The average Bonchev–Trinajstić information content (AvgIpc) is 2.96. The Bertz CT molecular complexity index is 358. The van der Waals surface area contributed by atoms with Crippen LogP contribution in [0.3, 0.4) is 0 Å². The number of nitrogens with zero attached hydrogens (tertiary/aromatic N) is 2. The molecule has 88 valence electrons. The molecular weight excluding hydrogens is 210 g/mol. The SMILES string of the molecule is CCc1nnc(CNC(=O)[C@@H]2CCOC2)o1. The van der Waals surface area contributed by atoms with Gasteiger partial charge in [0.15, 0.2) is 0 Å². The predicted molar refractivity (Wildman–Crippen MR) is 54.4 cm³/mol. The van der Waals surface area contributed by atoms with Gasteiger partial charge in [0.1, 0.15) is 0 Å². The fourth-order valence-corrected chi connectivity index (χ4v) is 1.55. The summed E-state index contributed by atoms with van der Waals surface area (Å²) in [6.07, 6.45) is 1.49. The van der Waals surface area contributed by atoms with Crippen LogP contribution in [0.5, 0.6) is 0 Å². The molecule has 0 saturated carbocycles. The van der Waals surface area contributed by atoms with E-state index in [0.29, 0.717) is 38.0 Å². The largest absolute Gasteiger partial charge is 0.423 e. The number of ether oxygens (including phenoxy) is 1. The molecule has 0 aromatic carbocycles.